The summed E-state index contributed by atoms with van der Waals surface area (Å²) in [4.78, 5) is 13.8. The van der Waals surface area contributed by atoms with Crippen molar-refractivity contribution in [3.63, 3.8) is 0 Å². The number of fused-ring (bicyclic) bond motifs is 1. The van der Waals surface area contributed by atoms with Crippen LogP contribution < -0.4 is 10.0 Å². The zero-order chi connectivity index (χ0) is 16.4. The maximum absolute atomic E-state index is 12.5. The molecule has 0 spiro atoms. The van der Waals surface area contributed by atoms with Crippen molar-refractivity contribution >= 4 is 50.4 Å². The summed E-state index contributed by atoms with van der Waals surface area (Å²) in [6, 6.07) is 12.9. The quantitative estimate of drug-likeness (QED) is 0.618. The van der Waals surface area contributed by atoms with E-state index in [0.717, 1.165) is 0 Å². The fourth-order valence-corrected chi connectivity index (χ4v) is 3.52. The van der Waals surface area contributed by atoms with Crippen LogP contribution in [0, 0.1) is 0 Å². The molecule has 0 saturated heterocycles. The Kier molecular flexibility index (Phi) is 3.97. The van der Waals surface area contributed by atoms with E-state index in [2.05, 4.69) is 15.0 Å². The van der Waals surface area contributed by atoms with Gasteiger partial charge in [-0.25, -0.2) is 8.42 Å². The fraction of sp³-hybridized carbons (Fsp3) is 0. The van der Waals surface area contributed by atoms with Crippen LogP contribution in [0.25, 0.3) is 10.9 Å². The number of aromatic amines is 1. The Morgan fingerprint density at radius 3 is 2.52 bits per heavy atom. The zero-order valence-corrected chi connectivity index (χ0v) is 13.3. The lowest BCUT2D eigenvalue weighted by Gasteiger charge is -2.09. The highest BCUT2D eigenvalue weighted by Crippen LogP contribution is 2.34. The fourth-order valence-electron chi connectivity index (χ4n) is 2.23. The first kappa shape index (κ1) is 15.4. The van der Waals surface area contributed by atoms with Gasteiger partial charge in [-0.3, -0.25) is 9.52 Å². The lowest BCUT2D eigenvalue weighted by molar-refractivity contribution is -0.105. The average Bonchev–Trinajstić information content (AvgIpc) is 2.85. The second-order valence-electron chi connectivity index (χ2n) is 4.75. The SMILES string of the molecule is O=CNc1[nH]c2ccc(Cl)cc2c1NS(=O)(=O)c1ccccc1. The van der Waals surface area contributed by atoms with Crippen LogP contribution in [0.5, 0.6) is 0 Å². The second-order valence-corrected chi connectivity index (χ2v) is 6.86. The highest BCUT2D eigenvalue weighted by molar-refractivity contribution is 7.92. The molecule has 3 rings (SSSR count). The van der Waals surface area contributed by atoms with Gasteiger partial charge in [0.25, 0.3) is 10.0 Å². The molecular formula is C15H12ClN3O3S. The Morgan fingerprint density at radius 2 is 1.83 bits per heavy atom. The van der Waals surface area contributed by atoms with Crippen molar-refractivity contribution in [2.75, 3.05) is 10.0 Å². The topological polar surface area (TPSA) is 91.1 Å². The molecule has 0 atom stereocenters. The Bertz CT molecular complexity index is 968. The first-order valence-electron chi connectivity index (χ1n) is 6.60. The van der Waals surface area contributed by atoms with E-state index in [1.165, 1.54) is 12.1 Å². The summed E-state index contributed by atoms with van der Waals surface area (Å²) in [6.45, 7) is 0. The number of sulfonamides is 1. The smallest absolute Gasteiger partial charge is 0.262 e. The predicted molar refractivity (Wildman–Crippen MR) is 90.2 cm³/mol. The lowest BCUT2D eigenvalue weighted by atomic mass is 10.2. The Balaban J connectivity index is 2.13. The number of carbonyl (C=O) groups is 1. The number of hydrogen-bond acceptors (Lipinski definition) is 3. The predicted octanol–water partition coefficient (Wildman–Crippen LogP) is 3.19. The first-order valence-corrected chi connectivity index (χ1v) is 8.46. The minimum absolute atomic E-state index is 0.119. The van der Waals surface area contributed by atoms with Gasteiger partial charge >= 0.3 is 0 Å². The summed E-state index contributed by atoms with van der Waals surface area (Å²) < 4.78 is 27.5. The minimum atomic E-state index is -3.80. The van der Waals surface area contributed by atoms with E-state index < -0.39 is 10.0 Å². The van der Waals surface area contributed by atoms with Gasteiger partial charge in [-0.05, 0) is 30.3 Å². The Labute approximate surface area is 137 Å². The number of nitrogens with one attached hydrogen (secondary N) is 3. The maximum atomic E-state index is 12.5. The molecule has 0 bridgehead atoms. The molecule has 23 heavy (non-hydrogen) atoms. The van der Waals surface area contributed by atoms with E-state index in [9.17, 15) is 13.2 Å². The van der Waals surface area contributed by atoms with Gasteiger partial charge in [0.15, 0.2) is 0 Å². The molecule has 0 unspecified atom stereocenters. The van der Waals surface area contributed by atoms with E-state index in [4.69, 9.17) is 11.6 Å². The van der Waals surface area contributed by atoms with Crippen LogP contribution >= 0.6 is 11.6 Å². The van der Waals surface area contributed by atoms with Crippen LogP contribution in [-0.4, -0.2) is 19.8 Å². The largest absolute Gasteiger partial charge is 0.339 e. The maximum Gasteiger partial charge on any atom is 0.262 e. The second kappa shape index (κ2) is 5.94. The van der Waals surface area contributed by atoms with E-state index in [1.807, 2.05) is 0 Å². The number of H-pyrrole nitrogens is 1. The molecule has 0 saturated carbocycles. The molecule has 3 aromatic rings. The van der Waals surface area contributed by atoms with Gasteiger partial charge in [0.2, 0.25) is 6.41 Å². The molecule has 1 amide bonds. The number of carbonyl (C=O) groups excluding carboxylic acids is 1. The third-order valence-electron chi connectivity index (χ3n) is 3.25. The molecule has 0 fully saturated rings. The molecule has 0 aliphatic rings. The van der Waals surface area contributed by atoms with Crippen LogP contribution in [-0.2, 0) is 14.8 Å². The van der Waals surface area contributed by atoms with E-state index in [0.29, 0.717) is 22.3 Å². The van der Waals surface area contributed by atoms with Crippen molar-refractivity contribution in [1.29, 1.82) is 0 Å². The van der Waals surface area contributed by atoms with Crippen molar-refractivity contribution < 1.29 is 13.2 Å². The summed E-state index contributed by atoms with van der Waals surface area (Å²) in [5.41, 5.74) is 0.878. The van der Waals surface area contributed by atoms with Crippen LogP contribution in [0.1, 0.15) is 0 Å². The number of anilines is 2. The summed E-state index contributed by atoms with van der Waals surface area (Å²) in [6.07, 6.45) is 0.465. The van der Waals surface area contributed by atoms with Crippen molar-refractivity contribution in [2.45, 2.75) is 4.90 Å². The molecule has 0 aliphatic carbocycles. The summed E-state index contributed by atoms with van der Waals surface area (Å²) >= 11 is 5.98. The number of aromatic nitrogens is 1. The molecule has 0 aliphatic heterocycles. The van der Waals surface area contributed by atoms with Gasteiger partial charge < -0.3 is 10.3 Å². The van der Waals surface area contributed by atoms with Crippen molar-refractivity contribution in [1.82, 2.24) is 4.98 Å². The molecule has 1 heterocycles. The monoisotopic (exact) mass is 349 g/mol. The van der Waals surface area contributed by atoms with Crippen LogP contribution in [0.4, 0.5) is 11.5 Å². The minimum Gasteiger partial charge on any atom is -0.339 e. The summed E-state index contributed by atoms with van der Waals surface area (Å²) in [5.74, 6) is 0.247. The number of benzene rings is 2. The lowest BCUT2D eigenvalue weighted by Crippen LogP contribution is -2.13. The third kappa shape index (κ3) is 3.01. The highest BCUT2D eigenvalue weighted by atomic mass is 35.5. The van der Waals surface area contributed by atoms with Gasteiger partial charge in [0.1, 0.15) is 5.82 Å². The number of amides is 1. The van der Waals surface area contributed by atoms with Gasteiger partial charge in [0.05, 0.1) is 10.6 Å². The van der Waals surface area contributed by atoms with E-state index in [-0.39, 0.29) is 16.4 Å². The van der Waals surface area contributed by atoms with Gasteiger partial charge in [-0.1, -0.05) is 29.8 Å². The van der Waals surface area contributed by atoms with Gasteiger partial charge in [-0.15, -0.1) is 0 Å². The third-order valence-corrected chi connectivity index (χ3v) is 4.85. The number of hydrogen-bond donors (Lipinski definition) is 3. The molecule has 118 valence electrons. The number of rotatable bonds is 5. The van der Waals surface area contributed by atoms with Gasteiger partial charge in [-0.2, -0.15) is 0 Å². The van der Waals surface area contributed by atoms with Gasteiger partial charge in [0, 0.05) is 15.9 Å². The first-order chi connectivity index (χ1) is 11.0. The van der Waals surface area contributed by atoms with Crippen LogP contribution in [0.2, 0.25) is 5.02 Å². The summed E-state index contributed by atoms with van der Waals surface area (Å²) in [7, 11) is -3.80. The standard InChI is InChI=1S/C15H12ClN3O3S/c16-10-6-7-13-12(8-10)14(15(18-13)17-9-20)19-23(21,22)11-4-2-1-3-5-11/h1-9,18-19H,(H,17,20). The van der Waals surface area contributed by atoms with Crippen molar-refractivity contribution in [3.05, 3.63) is 53.6 Å². The highest BCUT2D eigenvalue weighted by Gasteiger charge is 2.19. The van der Waals surface area contributed by atoms with E-state index in [1.54, 1.807) is 36.4 Å². The zero-order valence-electron chi connectivity index (χ0n) is 11.7. The van der Waals surface area contributed by atoms with Crippen LogP contribution in [0.3, 0.4) is 0 Å². The van der Waals surface area contributed by atoms with Crippen molar-refractivity contribution in [3.8, 4) is 0 Å². The van der Waals surface area contributed by atoms with Crippen LogP contribution in [0.15, 0.2) is 53.4 Å². The Hall–Kier alpha value is -2.51. The average molecular weight is 350 g/mol. The molecule has 0 radical (unpaired) electrons. The molecular weight excluding hydrogens is 338 g/mol. The molecule has 2 aromatic carbocycles. The molecule has 8 heteroatoms. The van der Waals surface area contributed by atoms with E-state index >= 15 is 0 Å². The molecule has 3 N–H and O–H groups in total. The van der Waals surface area contributed by atoms with Crippen molar-refractivity contribution in [2.24, 2.45) is 0 Å². The summed E-state index contributed by atoms with van der Waals surface area (Å²) in [5, 5.41) is 3.46. The molecule has 6 nitrogen and oxygen atoms in total. The number of halogens is 1. The molecule has 1 aromatic heterocycles. The Morgan fingerprint density at radius 1 is 1.09 bits per heavy atom. The normalized spacial score (nSPS) is 11.3.